The van der Waals surface area contributed by atoms with Crippen molar-refractivity contribution in [2.45, 2.75) is 76.0 Å². The molecule has 6 atom stereocenters. The van der Waals surface area contributed by atoms with Crippen LogP contribution < -0.4 is 4.74 Å². The van der Waals surface area contributed by atoms with Gasteiger partial charge >= 0.3 is 11.9 Å². The molecule has 1 amide bonds. The van der Waals surface area contributed by atoms with Crippen molar-refractivity contribution >= 4 is 29.3 Å². The largest absolute Gasteiger partial charge is 0.507 e. The molecule has 2 aliphatic heterocycles. The Morgan fingerprint density at radius 3 is 2.57 bits per heavy atom. The van der Waals surface area contributed by atoms with Gasteiger partial charge in [-0.25, -0.2) is 14.3 Å². The molecule has 54 heavy (non-hydrogen) atoms. The normalized spacial score (nSPS) is 26.2. The number of Topliss-reactive ketones (excluding diaryl/α,β-unsaturated/α-hetero) is 1. The Balaban J connectivity index is 1.22. The SMILES string of the molecule is COc1cccc2c1C(=O)c1c(O)c3c(c(O)c1C2=O)CC(O)(C(C)=O)CC3OC1CC2C(OCOCN2C(=O)OCc2ncc([N+](=O)[O-])n2C)C(C)O1. The van der Waals surface area contributed by atoms with E-state index in [1.807, 2.05) is 0 Å². The molecule has 2 saturated heterocycles. The molecule has 19 heteroatoms. The second-order valence-corrected chi connectivity index (χ2v) is 13.5. The monoisotopic (exact) mass is 752 g/mol. The highest BCUT2D eigenvalue weighted by atomic mass is 16.7. The molecule has 0 saturated carbocycles. The minimum Gasteiger partial charge on any atom is -0.507 e. The number of nitrogens with zero attached hydrogens (tertiary/aromatic N) is 4. The third-order valence-electron chi connectivity index (χ3n) is 10.5. The summed E-state index contributed by atoms with van der Waals surface area (Å²) < 4.78 is 35.9. The third kappa shape index (κ3) is 5.93. The molecule has 0 radical (unpaired) electrons. The number of methoxy groups -OCH3 is 1. The number of benzene rings is 2. The number of amides is 1. The second kappa shape index (κ2) is 13.7. The van der Waals surface area contributed by atoms with Crippen molar-refractivity contribution in [3.8, 4) is 17.2 Å². The average molecular weight is 753 g/mol. The van der Waals surface area contributed by atoms with Crippen LogP contribution in [0.2, 0.25) is 0 Å². The molecule has 286 valence electrons. The molecular weight excluding hydrogens is 716 g/mol. The Hall–Kier alpha value is -5.47. The minimum atomic E-state index is -2.13. The zero-order valence-electron chi connectivity index (χ0n) is 29.5. The summed E-state index contributed by atoms with van der Waals surface area (Å²) in [4.78, 5) is 69.9. The Kier molecular flexibility index (Phi) is 9.38. The van der Waals surface area contributed by atoms with Crippen molar-refractivity contribution in [1.29, 1.82) is 0 Å². The van der Waals surface area contributed by atoms with E-state index in [1.54, 1.807) is 6.92 Å². The van der Waals surface area contributed by atoms with Crippen LogP contribution in [-0.4, -0.2) is 109 Å². The van der Waals surface area contributed by atoms with Gasteiger partial charge in [0, 0.05) is 36.0 Å². The molecule has 3 heterocycles. The van der Waals surface area contributed by atoms with Gasteiger partial charge in [-0.3, -0.25) is 19.3 Å². The van der Waals surface area contributed by atoms with Gasteiger partial charge in [-0.2, -0.15) is 0 Å². The van der Waals surface area contributed by atoms with Crippen molar-refractivity contribution in [1.82, 2.24) is 14.5 Å². The van der Waals surface area contributed by atoms with Crippen LogP contribution in [0.5, 0.6) is 17.2 Å². The van der Waals surface area contributed by atoms with Gasteiger partial charge in [0.05, 0.1) is 49.1 Å². The van der Waals surface area contributed by atoms with Gasteiger partial charge in [-0.1, -0.05) is 12.1 Å². The number of nitro groups is 1. The van der Waals surface area contributed by atoms with E-state index in [2.05, 4.69) is 4.98 Å². The van der Waals surface area contributed by atoms with Crippen molar-refractivity contribution in [3.63, 3.8) is 0 Å². The van der Waals surface area contributed by atoms with Crippen LogP contribution in [0.4, 0.5) is 10.6 Å². The first-order chi connectivity index (χ1) is 25.7. The zero-order valence-corrected chi connectivity index (χ0v) is 29.5. The summed E-state index contributed by atoms with van der Waals surface area (Å²) in [7, 11) is 2.72. The van der Waals surface area contributed by atoms with E-state index in [9.17, 15) is 44.6 Å². The molecule has 2 fully saturated rings. The molecule has 4 aliphatic rings. The number of hydrogen-bond donors (Lipinski definition) is 3. The van der Waals surface area contributed by atoms with Crippen molar-refractivity contribution in [2.24, 2.45) is 7.05 Å². The number of imidazole rings is 1. The number of ether oxygens (including phenoxy) is 6. The molecule has 3 N–H and O–H groups in total. The van der Waals surface area contributed by atoms with E-state index in [-0.39, 0.29) is 59.6 Å². The van der Waals surface area contributed by atoms with E-state index < -0.39 is 107 Å². The molecular formula is C35H36N4O15. The van der Waals surface area contributed by atoms with Crippen LogP contribution in [-0.2, 0) is 48.6 Å². The second-order valence-electron chi connectivity index (χ2n) is 13.5. The smallest absolute Gasteiger partial charge is 0.412 e. The predicted molar refractivity (Wildman–Crippen MR) is 178 cm³/mol. The van der Waals surface area contributed by atoms with Crippen LogP contribution in [0.15, 0.2) is 24.4 Å². The molecule has 19 nitrogen and oxygen atoms in total. The molecule has 2 aromatic carbocycles. The van der Waals surface area contributed by atoms with Crippen molar-refractivity contribution < 1.29 is 67.8 Å². The summed E-state index contributed by atoms with van der Waals surface area (Å²) in [5.74, 6) is -3.75. The fourth-order valence-corrected chi connectivity index (χ4v) is 7.64. The van der Waals surface area contributed by atoms with Crippen LogP contribution in [0, 0.1) is 10.1 Å². The number of phenols is 2. The quantitative estimate of drug-likeness (QED) is 0.139. The number of aromatic hydroxyl groups is 2. The third-order valence-corrected chi connectivity index (χ3v) is 10.5. The van der Waals surface area contributed by atoms with Gasteiger partial charge < -0.3 is 53.9 Å². The first kappa shape index (κ1) is 36.9. The molecule has 7 rings (SSSR count). The minimum absolute atomic E-state index is 0.0648. The predicted octanol–water partition coefficient (Wildman–Crippen LogP) is 2.32. The fraction of sp³-hybridized carbons (Fsp3) is 0.457. The van der Waals surface area contributed by atoms with Gasteiger partial charge in [0.15, 0.2) is 24.5 Å². The maximum absolute atomic E-state index is 14.0. The van der Waals surface area contributed by atoms with Gasteiger partial charge in [0.1, 0.15) is 48.7 Å². The molecule has 6 unspecified atom stereocenters. The highest BCUT2D eigenvalue weighted by Gasteiger charge is 2.51. The molecule has 2 aliphatic carbocycles. The highest BCUT2D eigenvalue weighted by molar-refractivity contribution is 6.31. The Morgan fingerprint density at radius 2 is 1.89 bits per heavy atom. The number of carbonyl (C=O) groups excluding carboxylic acids is 4. The Labute approximate surface area is 306 Å². The average Bonchev–Trinajstić information content (AvgIpc) is 3.36. The van der Waals surface area contributed by atoms with Crippen LogP contribution in [0.1, 0.15) is 81.6 Å². The van der Waals surface area contributed by atoms with Crippen LogP contribution in [0.25, 0.3) is 0 Å². The Bertz CT molecular complexity index is 2100. The number of carbonyl (C=O) groups is 4. The number of hydrogen-bond acceptors (Lipinski definition) is 16. The lowest BCUT2D eigenvalue weighted by Gasteiger charge is -2.44. The number of aromatic nitrogens is 2. The summed E-state index contributed by atoms with van der Waals surface area (Å²) in [5.41, 5.74) is -3.58. The summed E-state index contributed by atoms with van der Waals surface area (Å²) in [6.07, 6.45) is -4.98. The molecule has 1 aromatic heterocycles. The number of rotatable bonds is 7. The summed E-state index contributed by atoms with van der Waals surface area (Å²) in [6, 6.07) is 3.55. The van der Waals surface area contributed by atoms with E-state index in [0.717, 1.165) is 13.1 Å². The van der Waals surface area contributed by atoms with Gasteiger partial charge in [-0.15, -0.1) is 0 Å². The van der Waals surface area contributed by atoms with E-state index in [0.29, 0.717) is 0 Å². The van der Waals surface area contributed by atoms with Crippen LogP contribution in [0.3, 0.4) is 0 Å². The van der Waals surface area contributed by atoms with E-state index in [4.69, 9.17) is 28.4 Å². The maximum Gasteiger partial charge on any atom is 0.412 e. The molecule has 0 spiro atoms. The van der Waals surface area contributed by atoms with Gasteiger partial charge in [0.25, 0.3) is 0 Å². The number of fused-ring (bicyclic) bond motifs is 4. The summed E-state index contributed by atoms with van der Waals surface area (Å²) in [6.45, 7) is 1.92. The maximum atomic E-state index is 14.0. The number of phenolic OH excluding ortho intramolecular Hbond substituents is 2. The Morgan fingerprint density at radius 1 is 1.15 bits per heavy atom. The summed E-state index contributed by atoms with van der Waals surface area (Å²) in [5, 5.41) is 46.3. The molecule has 0 bridgehead atoms. The first-order valence-corrected chi connectivity index (χ1v) is 16.9. The van der Waals surface area contributed by atoms with E-state index in [1.165, 1.54) is 41.8 Å². The topological polar surface area (TPSA) is 249 Å². The van der Waals surface area contributed by atoms with Crippen LogP contribution >= 0.6 is 0 Å². The summed E-state index contributed by atoms with van der Waals surface area (Å²) >= 11 is 0. The van der Waals surface area contributed by atoms with Crippen molar-refractivity contribution in [3.05, 3.63) is 73.7 Å². The van der Waals surface area contributed by atoms with Gasteiger partial charge in [-0.05, 0) is 24.8 Å². The lowest BCUT2D eigenvalue weighted by Crippen LogP contribution is -2.57. The first-order valence-electron chi connectivity index (χ1n) is 16.9. The number of aliphatic hydroxyl groups is 1. The lowest BCUT2D eigenvalue weighted by atomic mass is 9.72. The zero-order chi connectivity index (χ0) is 38.8. The molecule has 3 aromatic rings. The highest BCUT2D eigenvalue weighted by Crippen LogP contribution is 2.52. The van der Waals surface area contributed by atoms with Crippen molar-refractivity contribution in [2.75, 3.05) is 20.6 Å². The standard InChI is InChI=1S/C35H36N4O15/c1-15-33-19(38(13-50-14-52-33)34(45)51-12-22-36-11-23(37(22)3)39(47)48)8-24(53-15)54-21-10-35(46,16(2)40)9-18-26(21)32(44)28-27(30(18)42)29(41)17-6-5-7-20(49-4)25(17)31(28)43/h5-7,11,15,19,21,24,33,42,44,46H,8-10,12-14H2,1-4H3. The fourth-order valence-electron chi connectivity index (χ4n) is 7.64. The lowest BCUT2D eigenvalue weighted by molar-refractivity contribution is -0.391. The number of ketones is 3. The van der Waals surface area contributed by atoms with E-state index >= 15 is 0 Å². The van der Waals surface area contributed by atoms with Gasteiger partial charge in [0.2, 0.25) is 11.6 Å².